The van der Waals surface area contributed by atoms with Gasteiger partial charge in [0, 0.05) is 20.9 Å². The Labute approximate surface area is 137 Å². The van der Waals surface area contributed by atoms with Gasteiger partial charge in [-0.05, 0) is 48.2 Å². The Kier molecular flexibility index (Phi) is 3.23. The SMILES string of the molecule is O=C1/C(=C/c2ccc(Br)cc2)CCc2c1[nH]c1ccccc21. The summed E-state index contributed by atoms with van der Waals surface area (Å²) in [5, 5.41) is 1.17. The van der Waals surface area contributed by atoms with Crippen LogP contribution in [0, 0.1) is 0 Å². The molecule has 3 heteroatoms. The molecule has 1 aliphatic rings. The van der Waals surface area contributed by atoms with Crippen molar-refractivity contribution in [3.8, 4) is 0 Å². The van der Waals surface area contributed by atoms with E-state index in [2.05, 4.69) is 27.0 Å². The molecule has 108 valence electrons. The second-order valence-electron chi connectivity index (χ2n) is 5.57. The minimum absolute atomic E-state index is 0.125. The molecule has 0 aliphatic heterocycles. The number of aryl methyl sites for hydroxylation is 1. The van der Waals surface area contributed by atoms with Crippen molar-refractivity contribution >= 4 is 38.7 Å². The summed E-state index contributed by atoms with van der Waals surface area (Å²) in [6.45, 7) is 0. The van der Waals surface area contributed by atoms with E-state index in [1.165, 1.54) is 5.39 Å². The number of allylic oxidation sites excluding steroid dienone is 1. The predicted molar refractivity (Wildman–Crippen MR) is 93.1 cm³/mol. The summed E-state index contributed by atoms with van der Waals surface area (Å²) < 4.78 is 1.04. The number of aromatic nitrogens is 1. The van der Waals surface area contributed by atoms with Crippen LogP contribution in [0.2, 0.25) is 0 Å². The number of aromatic amines is 1. The van der Waals surface area contributed by atoms with Gasteiger partial charge in [-0.15, -0.1) is 0 Å². The van der Waals surface area contributed by atoms with Gasteiger partial charge in [0.25, 0.3) is 0 Å². The molecule has 3 aromatic rings. The number of hydrogen-bond acceptors (Lipinski definition) is 1. The van der Waals surface area contributed by atoms with E-state index in [1.54, 1.807) is 0 Å². The third-order valence-corrected chi connectivity index (χ3v) is 4.72. The fourth-order valence-corrected chi connectivity index (χ4v) is 3.35. The van der Waals surface area contributed by atoms with E-state index in [0.717, 1.165) is 45.2 Å². The smallest absolute Gasteiger partial charge is 0.205 e. The molecule has 0 unspecified atom stereocenters. The third-order valence-electron chi connectivity index (χ3n) is 4.19. The molecule has 1 aromatic heterocycles. The quantitative estimate of drug-likeness (QED) is 0.604. The molecule has 2 aromatic carbocycles. The van der Waals surface area contributed by atoms with Crippen molar-refractivity contribution in [3.63, 3.8) is 0 Å². The van der Waals surface area contributed by atoms with Crippen molar-refractivity contribution in [2.24, 2.45) is 0 Å². The van der Waals surface area contributed by atoms with Crippen molar-refractivity contribution in [1.82, 2.24) is 4.98 Å². The van der Waals surface area contributed by atoms with Crippen LogP contribution in [-0.4, -0.2) is 10.8 Å². The average molecular weight is 352 g/mol. The first-order chi connectivity index (χ1) is 10.7. The molecule has 1 N–H and O–H groups in total. The summed E-state index contributed by atoms with van der Waals surface area (Å²) in [4.78, 5) is 16.0. The van der Waals surface area contributed by atoms with Gasteiger partial charge >= 0.3 is 0 Å². The van der Waals surface area contributed by atoms with Gasteiger partial charge in [-0.25, -0.2) is 0 Å². The molecule has 0 amide bonds. The fraction of sp³-hybridized carbons (Fsp3) is 0.105. The van der Waals surface area contributed by atoms with Crippen LogP contribution in [0.3, 0.4) is 0 Å². The third kappa shape index (κ3) is 2.22. The van der Waals surface area contributed by atoms with Crippen molar-refractivity contribution < 1.29 is 4.79 Å². The van der Waals surface area contributed by atoms with Crippen LogP contribution in [0.25, 0.3) is 17.0 Å². The minimum atomic E-state index is 0.125. The average Bonchev–Trinajstić information content (AvgIpc) is 2.92. The van der Waals surface area contributed by atoms with E-state index in [9.17, 15) is 4.79 Å². The van der Waals surface area contributed by atoms with Gasteiger partial charge in [-0.1, -0.05) is 46.3 Å². The number of fused-ring (bicyclic) bond motifs is 3. The van der Waals surface area contributed by atoms with Crippen LogP contribution in [0.1, 0.15) is 28.0 Å². The van der Waals surface area contributed by atoms with Crippen LogP contribution in [0.15, 0.2) is 58.6 Å². The van der Waals surface area contributed by atoms with E-state index in [4.69, 9.17) is 0 Å². The lowest BCUT2D eigenvalue weighted by Gasteiger charge is -2.14. The molecular formula is C19H14BrNO. The Morgan fingerprint density at radius 2 is 1.77 bits per heavy atom. The number of nitrogens with one attached hydrogen (secondary N) is 1. The number of halogens is 1. The van der Waals surface area contributed by atoms with Crippen molar-refractivity contribution in [1.29, 1.82) is 0 Å². The Balaban J connectivity index is 1.77. The van der Waals surface area contributed by atoms with E-state index in [1.807, 2.05) is 48.5 Å². The molecule has 2 nitrogen and oxygen atoms in total. The number of rotatable bonds is 1. The van der Waals surface area contributed by atoms with Crippen LogP contribution < -0.4 is 0 Å². The minimum Gasteiger partial charge on any atom is -0.352 e. The second-order valence-corrected chi connectivity index (χ2v) is 6.49. The zero-order valence-electron chi connectivity index (χ0n) is 11.9. The first-order valence-electron chi connectivity index (χ1n) is 7.33. The lowest BCUT2D eigenvalue weighted by atomic mass is 9.89. The molecule has 0 atom stereocenters. The molecule has 4 rings (SSSR count). The summed E-state index contributed by atoms with van der Waals surface area (Å²) in [5.74, 6) is 0.125. The fourth-order valence-electron chi connectivity index (χ4n) is 3.09. The first kappa shape index (κ1) is 13.5. The van der Waals surface area contributed by atoms with E-state index >= 15 is 0 Å². The van der Waals surface area contributed by atoms with Crippen LogP contribution in [0.5, 0.6) is 0 Å². The number of carbonyl (C=O) groups is 1. The number of Topliss-reactive ketones (excluding diaryl/α,β-unsaturated/α-hetero) is 1. The van der Waals surface area contributed by atoms with Gasteiger partial charge in [0.2, 0.25) is 5.78 Å². The highest BCUT2D eigenvalue weighted by atomic mass is 79.9. The number of benzene rings is 2. The molecular weight excluding hydrogens is 338 g/mol. The molecule has 0 fully saturated rings. The summed E-state index contributed by atoms with van der Waals surface area (Å²) in [6.07, 6.45) is 3.71. The number of para-hydroxylation sites is 1. The van der Waals surface area contributed by atoms with Crippen LogP contribution >= 0.6 is 15.9 Å². The molecule has 22 heavy (non-hydrogen) atoms. The highest BCUT2D eigenvalue weighted by molar-refractivity contribution is 9.10. The lowest BCUT2D eigenvalue weighted by Crippen LogP contribution is -2.13. The van der Waals surface area contributed by atoms with Crippen molar-refractivity contribution in [2.75, 3.05) is 0 Å². The monoisotopic (exact) mass is 351 g/mol. The molecule has 0 bridgehead atoms. The highest BCUT2D eigenvalue weighted by Crippen LogP contribution is 2.32. The summed E-state index contributed by atoms with van der Waals surface area (Å²) >= 11 is 3.43. The van der Waals surface area contributed by atoms with Gasteiger partial charge in [0.1, 0.15) is 0 Å². The van der Waals surface area contributed by atoms with Gasteiger partial charge in [0.15, 0.2) is 0 Å². The van der Waals surface area contributed by atoms with Crippen molar-refractivity contribution in [2.45, 2.75) is 12.8 Å². The molecule has 0 saturated carbocycles. The van der Waals surface area contributed by atoms with Gasteiger partial charge in [-0.2, -0.15) is 0 Å². The Hall–Kier alpha value is -2.13. The first-order valence-corrected chi connectivity index (χ1v) is 8.12. The van der Waals surface area contributed by atoms with Crippen LogP contribution in [-0.2, 0) is 6.42 Å². The van der Waals surface area contributed by atoms with Gasteiger partial charge in [0.05, 0.1) is 5.69 Å². The van der Waals surface area contributed by atoms with Crippen molar-refractivity contribution in [3.05, 3.63) is 75.4 Å². The van der Waals surface area contributed by atoms with E-state index in [0.29, 0.717) is 0 Å². The predicted octanol–water partition coefficient (Wildman–Crippen LogP) is 5.14. The Morgan fingerprint density at radius 3 is 2.59 bits per heavy atom. The Bertz CT molecular complexity index is 903. The zero-order chi connectivity index (χ0) is 15.1. The van der Waals surface area contributed by atoms with Gasteiger partial charge < -0.3 is 4.98 Å². The number of carbonyl (C=O) groups excluding carboxylic acids is 1. The maximum Gasteiger partial charge on any atom is 0.205 e. The Morgan fingerprint density at radius 1 is 1.00 bits per heavy atom. The molecule has 0 saturated heterocycles. The lowest BCUT2D eigenvalue weighted by molar-refractivity contribution is 0.102. The van der Waals surface area contributed by atoms with E-state index < -0.39 is 0 Å². The maximum atomic E-state index is 12.7. The summed E-state index contributed by atoms with van der Waals surface area (Å²) in [5.41, 5.74) is 4.91. The maximum absolute atomic E-state index is 12.7. The molecule has 1 aliphatic carbocycles. The van der Waals surface area contributed by atoms with Crippen LogP contribution in [0.4, 0.5) is 0 Å². The summed E-state index contributed by atoms with van der Waals surface area (Å²) in [7, 11) is 0. The zero-order valence-corrected chi connectivity index (χ0v) is 13.5. The highest BCUT2D eigenvalue weighted by Gasteiger charge is 2.25. The molecule has 1 heterocycles. The standard InChI is InChI=1S/C19H14BrNO/c20-14-8-5-12(6-9-14)11-13-7-10-16-15-3-1-2-4-17(15)21-18(16)19(13)22/h1-6,8-9,11,21H,7,10H2/b13-11+. The number of hydrogen-bond donors (Lipinski definition) is 1. The molecule has 0 spiro atoms. The van der Waals surface area contributed by atoms with E-state index in [-0.39, 0.29) is 5.78 Å². The largest absolute Gasteiger partial charge is 0.352 e. The number of ketones is 1. The normalized spacial score (nSPS) is 16.2. The second kappa shape index (κ2) is 5.25. The summed E-state index contributed by atoms with van der Waals surface area (Å²) in [6, 6.07) is 16.2. The molecule has 0 radical (unpaired) electrons. The van der Waals surface area contributed by atoms with Gasteiger partial charge in [-0.3, -0.25) is 4.79 Å². The topological polar surface area (TPSA) is 32.9 Å². The number of H-pyrrole nitrogens is 1.